The van der Waals surface area contributed by atoms with Crippen LogP contribution in [0.5, 0.6) is 0 Å². The van der Waals surface area contributed by atoms with Crippen molar-refractivity contribution in [3.05, 3.63) is 64.1 Å². The van der Waals surface area contributed by atoms with Crippen molar-refractivity contribution >= 4 is 27.5 Å². The van der Waals surface area contributed by atoms with E-state index in [9.17, 15) is 18.0 Å². The van der Waals surface area contributed by atoms with Crippen molar-refractivity contribution in [3.63, 3.8) is 0 Å². The predicted molar refractivity (Wildman–Crippen MR) is 116 cm³/mol. The molecule has 3 heterocycles. The van der Waals surface area contributed by atoms with E-state index in [1.165, 1.54) is 35.9 Å². The number of ether oxygens (including phenoxy) is 1. The van der Waals surface area contributed by atoms with Gasteiger partial charge in [-0.2, -0.15) is 28.2 Å². The highest BCUT2D eigenvalue weighted by molar-refractivity contribution is 7.18. The summed E-state index contributed by atoms with van der Waals surface area (Å²) in [6, 6.07) is 3.73. The molecule has 1 aromatic carbocycles. The van der Waals surface area contributed by atoms with Gasteiger partial charge in [-0.05, 0) is 37.1 Å². The van der Waals surface area contributed by atoms with Crippen molar-refractivity contribution in [2.75, 3.05) is 7.11 Å². The third-order valence-electron chi connectivity index (χ3n) is 5.20. The monoisotopic (exact) mass is 475 g/mol. The second kappa shape index (κ2) is 8.99. The largest absolute Gasteiger partial charge is 0.418 e. The molecule has 0 aliphatic rings. The Bertz CT molecular complexity index is 1300. The molecule has 4 aromatic rings. The summed E-state index contributed by atoms with van der Waals surface area (Å²) in [6.07, 6.45) is -0.887. The number of pyridine rings is 1. The quantitative estimate of drug-likeness (QED) is 0.387. The minimum Gasteiger partial charge on any atom is -0.377 e. The number of thiazole rings is 1. The molecule has 7 nitrogen and oxygen atoms in total. The fraction of sp³-hybridized carbons (Fsp3) is 0.318. The fourth-order valence-electron chi connectivity index (χ4n) is 3.69. The molecular weight excluding hydrogens is 455 g/mol. The molecule has 0 saturated carbocycles. The number of rotatable bonds is 7. The standard InChI is InChI=1S/C22H20F3N5O2S/c1-12(32-3)19-15(11-26-21-20(19)29-13(2)33-21)10-16(31)8-14-4-5-18(30-27-6-7-28-30)17(9-14)22(23,24)25/h4-7,9,11-12H,8,10H2,1-3H3. The lowest BCUT2D eigenvalue weighted by Crippen LogP contribution is -2.15. The number of carbonyl (C=O) groups excluding carboxylic acids is 1. The molecular formula is C22H20F3N5O2S. The fourth-order valence-corrected chi connectivity index (χ4v) is 4.46. The molecule has 3 aromatic heterocycles. The molecule has 0 bridgehead atoms. The number of aryl methyl sites for hydroxylation is 1. The topological polar surface area (TPSA) is 82.8 Å². The van der Waals surface area contributed by atoms with Gasteiger partial charge in [0.15, 0.2) is 0 Å². The minimum absolute atomic E-state index is 0.00631. The number of ketones is 1. The van der Waals surface area contributed by atoms with Crippen LogP contribution >= 0.6 is 11.3 Å². The average Bonchev–Trinajstić information content (AvgIpc) is 3.41. The SMILES string of the molecule is COC(C)c1c(CC(=O)Cc2ccc(-n3nccn3)c(C(F)(F)F)c2)cnc2sc(C)nc12. The number of hydrogen-bond acceptors (Lipinski definition) is 7. The van der Waals surface area contributed by atoms with E-state index in [4.69, 9.17) is 4.74 Å². The zero-order chi connectivity index (χ0) is 23.8. The van der Waals surface area contributed by atoms with E-state index >= 15 is 0 Å². The predicted octanol–water partition coefficient (Wildman–Crippen LogP) is 4.66. The number of hydrogen-bond donors (Lipinski definition) is 0. The summed E-state index contributed by atoms with van der Waals surface area (Å²) >= 11 is 1.45. The lowest BCUT2D eigenvalue weighted by molar-refractivity contribution is -0.137. The number of carbonyl (C=O) groups is 1. The highest BCUT2D eigenvalue weighted by Crippen LogP contribution is 2.35. The summed E-state index contributed by atoms with van der Waals surface area (Å²) in [4.78, 5) is 23.5. The van der Waals surface area contributed by atoms with Gasteiger partial charge in [0.1, 0.15) is 16.1 Å². The summed E-state index contributed by atoms with van der Waals surface area (Å²) in [5, 5.41) is 8.41. The molecule has 0 amide bonds. The van der Waals surface area contributed by atoms with E-state index in [-0.39, 0.29) is 36.0 Å². The van der Waals surface area contributed by atoms with Crippen molar-refractivity contribution in [2.45, 2.75) is 39.0 Å². The summed E-state index contributed by atoms with van der Waals surface area (Å²) < 4.78 is 46.4. The second-order valence-corrected chi connectivity index (χ2v) is 8.70. The normalized spacial score (nSPS) is 12.9. The second-order valence-electron chi connectivity index (χ2n) is 7.52. The molecule has 4 rings (SSSR count). The number of alkyl halides is 3. The van der Waals surface area contributed by atoms with Crippen LogP contribution < -0.4 is 0 Å². The number of Topliss-reactive ketones (excluding diaryl/α,β-unsaturated/α-hetero) is 1. The molecule has 172 valence electrons. The summed E-state index contributed by atoms with van der Waals surface area (Å²) in [6.45, 7) is 3.73. The van der Waals surface area contributed by atoms with Gasteiger partial charge in [-0.15, -0.1) is 0 Å². The Labute approximate surface area is 191 Å². The third kappa shape index (κ3) is 4.79. The number of methoxy groups -OCH3 is 1. The van der Waals surface area contributed by atoms with E-state index in [1.807, 2.05) is 13.8 Å². The zero-order valence-electron chi connectivity index (χ0n) is 18.1. The Morgan fingerprint density at radius 2 is 1.94 bits per heavy atom. The number of halogens is 3. The first kappa shape index (κ1) is 23.0. The van der Waals surface area contributed by atoms with E-state index in [1.54, 1.807) is 13.3 Å². The van der Waals surface area contributed by atoms with Crippen molar-refractivity contribution in [3.8, 4) is 5.69 Å². The van der Waals surface area contributed by atoms with Gasteiger partial charge in [0, 0.05) is 31.7 Å². The first-order chi connectivity index (χ1) is 15.7. The molecule has 33 heavy (non-hydrogen) atoms. The highest BCUT2D eigenvalue weighted by Gasteiger charge is 2.35. The molecule has 0 saturated heterocycles. The van der Waals surface area contributed by atoms with Crippen molar-refractivity contribution in [1.29, 1.82) is 0 Å². The van der Waals surface area contributed by atoms with Gasteiger partial charge in [-0.1, -0.05) is 17.4 Å². The Morgan fingerprint density at radius 1 is 1.21 bits per heavy atom. The third-order valence-corrected chi connectivity index (χ3v) is 6.08. The lowest BCUT2D eigenvalue weighted by atomic mass is 9.96. The van der Waals surface area contributed by atoms with Gasteiger partial charge in [-0.3, -0.25) is 4.79 Å². The lowest BCUT2D eigenvalue weighted by Gasteiger charge is -2.16. The Kier molecular flexibility index (Phi) is 6.26. The van der Waals surface area contributed by atoms with Gasteiger partial charge in [-0.25, -0.2) is 9.97 Å². The molecule has 0 aliphatic heterocycles. The van der Waals surface area contributed by atoms with Crippen molar-refractivity contribution in [1.82, 2.24) is 25.0 Å². The number of aromatic nitrogens is 5. The zero-order valence-corrected chi connectivity index (χ0v) is 18.9. The summed E-state index contributed by atoms with van der Waals surface area (Å²) in [7, 11) is 1.57. The molecule has 11 heteroatoms. The summed E-state index contributed by atoms with van der Waals surface area (Å²) in [5.41, 5.74) is 1.26. The molecule has 1 atom stereocenters. The highest BCUT2D eigenvalue weighted by atomic mass is 32.1. The van der Waals surface area contributed by atoms with Crippen molar-refractivity contribution < 1.29 is 22.7 Å². The number of fused-ring (bicyclic) bond motifs is 1. The van der Waals surface area contributed by atoms with E-state index in [2.05, 4.69) is 20.2 Å². The Morgan fingerprint density at radius 3 is 2.61 bits per heavy atom. The molecule has 0 spiro atoms. The van der Waals surface area contributed by atoms with Crippen molar-refractivity contribution in [2.24, 2.45) is 0 Å². The van der Waals surface area contributed by atoms with Crippen LogP contribution in [0.2, 0.25) is 0 Å². The van der Waals surface area contributed by atoms with E-state index in [0.29, 0.717) is 11.1 Å². The number of benzene rings is 1. The van der Waals surface area contributed by atoms with Crippen LogP contribution in [0, 0.1) is 6.92 Å². The van der Waals surface area contributed by atoms with Gasteiger partial charge >= 0.3 is 6.18 Å². The van der Waals surface area contributed by atoms with Crippen LogP contribution in [0.25, 0.3) is 16.0 Å². The van der Waals surface area contributed by atoms with Crippen LogP contribution in [0.15, 0.2) is 36.8 Å². The van der Waals surface area contributed by atoms with Crippen LogP contribution in [0.4, 0.5) is 13.2 Å². The maximum absolute atomic E-state index is 13.7. The van der Waals surface area contributed by atoms with E-state index < -0.39 is 11.7 Å². The van der Waals surface area contributed by atoms with Gasteiger partial charge in [0.05, 0.1) is 34.8 Å². The van der Waals surface area contributed by atoms with Gasteiger partial charge < -0.3 is 4.74 Å². The van der Waals surface area contributed by atoms with Crippen LogP contribution in [-0.2, 0) is 28.5 Å². The smallest absolute Gasteiger partial charge is 0.377 e. The molecule has 0 radical (unpaired) electrons. The van der Waals surface area contributed by atoms with Crippen LogP contribution in [-0.4, -0.2) is 37.9 Å². The first-order valence-corrected chi connectivity index (χ1v) is 10.8. The van der Waals surface area contributed by atoms with Crippen LogP contribution in [0.3, 0.4) is 0 Å². The van der Waals surface area contributed by atoms with Gasteiger partial charge in [0.2, 0.25) is 0 Å². The maximum Gasteiger partial charge on any atom is 0.418 e. The molecule has 1 unspecified atom stereocenters. The molecule has 0 aliphatic carbocycles. The Balaban J connectivity index is 1.63. The van der Waals surface area contributed by atoms with Crippen LogP contribution in [0.1, 0.15) is 40.3 Å². The maximum atomic E-state index is 13.7. The summed E-state index contributed by atoms with van der Waals surface area (Å²) in [5.74, 6) is -0.245. The van der Waals surface area contributed by atoms with E-state index in [0.717, 1.165) is 26.3 Å². The molecule has 0 fully saturated rings. The first-order valence-electron chi connectivity index (χ1n) is 10.0. The Hall–Kier alpha value is -3.18. The number of nitrogens with zero attached hydrogens (tertiary/aromatic N) is 5. The minimum atomic E-state index is -4.62. The average molecular weight is 475 g/mol. The van der Waals surface area contributed by atoms with Gasteiger partial charge in [0.25, 0.3) is 0 Å². The molecule has 0 N–H and O–H groups in total.